The molecule has 1 saturated carbocycles. The van der Waals surface area contributed by atoms with Gasteiger partial charge in [-0.25, -0.2) is 12.7 Å². The Bertz CT molecular complexity index is 578. The maximum atomic E-state index is 12.4. The Hall–Kier alpha value is -1.11. The van der Waals surface area contributed by atoms with Crippen molar-refractivity contribution in [3.05, 3.63) is 24.3 Å². The Morgan fingerprint density at radius 1 is 1.24 bits per heavy atom. The van der Waals surface area contributed by atoms with Gasteiger partial charge >= 0.3 is 0 Å². The molecule has 6 heteroatoms. The number of nitrogens with one attached hydrogen (secondary N) is 1. The van der Waals surface area contributed by atoms with E-state index >= 15 is 0 Å². The van der Waals surface area contributed by atoms with Crippen molar-refractivity contribution in [1.82, 2.24) is 4.31 Å². The number of sulfonamides is 1. The lowest BCUT2D eigenvalue weighted by molar-refractivity contribution is 0.332. The van der Waals surface area contributed by atoms with Gasteiger partial charge in [0.05, 0.1) is 5.69 Å². The van der Waals surface area contributed by atoms with Gasteiger partial charge < -0.3 is 11.1 Å². The van der Waals surface area contributed by atoms with Gasteiger partial charge in [-0.3, -0.25) is 0 Å². The van der Waals surface area contributed by atoms with Crippen LogP contribution in [0.5, 0.6) is 0 Å². The van der Waals surface area contributed by atoms with Crippen molar-refractivity contribution in [3.63, 3.8) is 0 Å². The van der Waals surface area contributed by atoms with Gasteiger partial charge in [-0.15, -0.1) is 0 Å². The van der Waals surface area contributed by atoms with Crippen molar-refractivity contribution in [2.45, 2.75) is 30.6 Å². The third-order valence-electron chi connectivity index (χ3n) is 4.40. The van der Waals surface area contributed by atoms with Gasteiger partial charge in [0.25, 0.3) is 0 Å². The van der Waals surface area contributed by atoms with Crippen LogP contribution in [0.3, 0.4) is 0 Å². The highest BCUT2D eigenvalue weighted by molar-refractivity contribution is 7.89. The normalized spacial score (nSPS) is 18.1. The number of hydrogen-bond acceptors (Lipinski definition) is 4. The zero-order valence-corrected chi connectivity index (χ0v) is 13.6. The van der Waals surface area contributed by atoms with E-state index in [9.17, 15) is 8.42 Å². The summed E-state index contributed by atoms with van der Waals surface area (Å²) < 4.78 is 26.0. The van der Waals surface area contributed by atoms with E-state index in [0.717, 1.165) is 19.4 Å². The minimum Gasteiger partial charge on any atom is -0.383 e. The largest absolute Gasteiger partial charge is 0.383 e. The molecule has 0 atom stereocenters. The summed E-state index contributed by atoms with van der Waals surface area (Å²) >= 11 is 0. The predicted molar refractivity (Wildman–Crippen MR) is 85.8 cm³/mol. The van der Waals surface area contributed by atoms with Gasteiger partial charge in [-0.05, 0) is 36.9 Å². The first-order valence-electron chi connectivity index (χ1n) is 7.37. The van der Waals surface area contributed by atoms with Crippen LogP contribution in [0.1, 0.15) is 25.7 Å². The fourth-order valence-electron chi connectivity index (χ4n) is 2.90. The van der Waals surface area contributed by atoms with Crippen LogP contribution in [0, 0.1) is 5.41 Å². The molecule has 0 amide bonds. The molecule has 0 unspecified atom stereocenters. The van der Waals surface area contributed by atoms with E-state index in [1.54, 1.807) is 26.2 Å². The minimum absolute atomic E-state index is 0.106. The lowest BCUT2D eigenvalue weighted by atomic mass is 9.86. The quantitative estimate of drug-likeness (QED) is 0.841. The molecule has 118 valence electrons. The average molecular weight is 311 g/mol. The first-order chi connectivity index (χ1) is 9.91. The third kappa shape index (κ3) is 3.39. The molecule has 0 aliphatic heterocycles. The fraction of sp³-hybridized carbons (Fsp3) is 0.600. The summed E-state index contributed by atoms with van der Waals surface area (Å²) in [5.41, 5.74) is 6.70. The molecule has 0 bridgehead atoms. The molecule has 0 aromatic heterocycles. The summed E-state index contributed by atoms with van der Waals surface area (Å²) in [6.45, 7) is 1.37. The molecule has 1 aromatic rings. The zero-order chi connectivity index (χ0) is 15.5. The van der Waals surface area contributed by atoms with E-state index in [2.05, 4.69) is 5.32 Å². The first-order valence-corrected chi connectivity index (χ1v) is 8.81. The molecule has 0 radical (unpaired) electrons. The molecule has 5 nitrogen and oxygen atoms in total. The Morgan fingerprint density at radius 3 is 2.43 bits per heavy atom. The van der Waals surface area contributed by atoms with E-state index < -0.39 is 10.0 Å². The number of anilines is 1. The molecule has 3 N–H and O–H groups in total. The van der Waals surface area contributed by atoms with Crippen LogP contribution in [0.2, 0.25) is 0 Å². The second-order valence-electron chi connectivity index (χ2n) is 6.05. The molecule has 1 aromatic carbocycles. The van der Waals surface area contributed by atoms with Crippen molar-refractivity contribution in [1.29, 1.82) is 0 Å². The molecule has 0 saturated heterocycles. The summed E-state index contributed by atoms with van der Waals surface area (Å²) in [6.07, 6.45) is 4.63. The number of benzene rings is 1. The van der Waals surface area contributed by atoms with Crippen LogP contribution in [0.25, 0.3) is 0 Å². The molecule has 21 heavy (non-hydrogen) atoms. The lowest BCUT2D eigenvalue weighted by Crippen LogP contribution is -2.35. The Kier molecular flexibility index (Phi) is 4.91. The topological polar surface area (TPSA) is 75.4 Å². The summed E-state index contributed by atoms with van der Waals surface area (Å²) in [5.74, 6) is 0. The van der Waals surface area contributed by atoms with Crippen LogP contribution in [-0.2, 0) is 10.0 Å². The van der Waals surface area contributed by atoms with Crippen molar-refractivity contribution in [2.75, 3.05) is 32.5 Å². The van der Waals surface area contributed by atoms with E-state index in [1.165, 1.54) is 17.1 Å². The number of nitrogens with two attached hydrogens (primary N) is 1. The molecular weight excluding hydrogens is 286 g/mol. The highest BCUT2D eigenvalue weighted by Gasteiger charge is 2.32. The van der Waals surface area contributed by atoms with E-state index in [4.69, 9.17) is 5.73 Å². The molecule has 2 rings (SSSR count). The Morgan fingerprint density at radius 2 is 1.86 bits per heavy atom. The van der Waals surface area contributed by atoms with Gasteiger partial charge in [-0.1, -0.05) is 25.0 Å². The summed E-state index contributed by atoms with van der Waals surface area (Å²) in [7, 11) is -0.348. The van der Waals surface area contributed by atoms with Gasteiger partial charge in [0.2, 0.25) is 10.0 Å². The summed E-state index contributed by atoms with van der Waals surface area (Å²) in [6, 6.07) is 7.05. The second kappa shape index (κ2) is 6.34. The van der Waals surface area contributed by atoms with Gasteiger partial charge in [0.1, 0.15) is 4.90 Å². The van der Waals surface area contributed by atoms with Crippen LogP contribution in [0.15, 0.2) is 29.2 Å². The number of para-hydroxylation sites is 1. The van der Waals surface area contributed by atoms with Crippen molar-refractivity contribution in [2.24, 2.45) is 11.1 Å². The summed E-state index contributed by atoms with van der Waals surface area (Å²) in [4.78, 5) is 0.320. The molecule has 0 spiro atoms. The Balaban J connectivity index is 2.22. The van der Waals surface area contributed by atoms with E-state index in [0.29, 0.717) is 17.1 Å². The molecular formula is C15H25N3O2S. The number of rotatable bonds is 6. The zero-order valence-electron chi connectivity index (χ0n) is 12.8. The number of hydrogen-bond donors (Lipinski definition) is 2. The van der Waals surface area contributed by atoms with Crippen LogP contribution >= 0.6 is 0 Å². The van der Waals surface area contributed by atoms with Crippen LogP contribution < -0.4 is 11.1 Å². The average Bonchev–Trinajstić information content (AvgIpc) is 2.95. The third-order valence-corrected chi connectivity index (χ3v) is 6.27. The highest BCUT2D eigenvalue weighted by atomic mass is 32.2. The maximum absolute atomic E-state index is 12.4. The van der Waals surface area contributed by atoms with Gasteiger partial charge in [0.15, 0.2) is 0 Å². The van der Waals surface area contributed by atoms with Crippen molar-refractivity contribution in [3.8, 4) is 0 Å². The summed E-state index contributed by atoms with van der Waals surface area (Å²) in [5, 5.41) is 3.32. The smallest absolute Gasteiger partial charge is 0.244 e. The van der Waals surface area contributed by atoms with Gasteiger partial charge in [-0.2, -0.15) is 0 Å². The SMILES string of the molecule is CN(C)S(=O)(=O)c1ccccc1NCC1(CN)CCCC1. The van der Waals surface area contributed by atoms with Crippen LogP contribution in [0.4, 0.5) is 5.69 Å². The first kappa shape index (κ1) is 16.3. The highest BCUT2D eigenvalue weighted by Crippen LogP contribution is 2.37. The second-order valence-corrected chi connectivity index (χ2v) is 8.17. The van der Waals surface area contributed by atoms with Crippen LogP contribution in [-0.4, -0.2) is 39.9 Å². The van der Waals surface area contributed by atoms with E-state index in [1.807, 2.05) is 12.1 Å². The monoisotopic (exact) mass is 311 g/mol. The standard InChI is InChI=1S/C15H25N3O2S/c1-18(2)21(19,20)14-8-4-3-7-13(14)17-12-15(11-16)9-5-6-10-15/h3-4,7-8,17H,5-6,9-12,16H2,1-2H3. The predicted octanol–water partition coefficient (Wildman–Crippen LogP) is 1.87. The van der Waals surface area contributed by atoms with Crippen molar-refractivity contribution >= 4 is 15.7 Å². The number of nitrogens with zero attached hydrogens (tertiary/aromatic N) is 1. The lowest BCUT2D eigenvalue weighted by Gasteiger charge is -2.28. The molecule has 0 heterocycles. The molecule has 1 aliphatic rings. The fourth-order valence-corrected chi connectivity index (χ4v) is 3.96. The van der Waals surface area contributed by atoms with Crippen molar-refractivity contribution < 1.29 is 8.42 Å². The van der Waals surface area contributed by atoms with Gasteiger partial charge in [0, 0.05) is 20.6 Å². The maximum Gasteiger partial charge on any atom is 0.244 e. The minimum atomic E-state index is -3.44. The molecule has 1 fully saturated rings. The molecule has 1 aliphatic carbocycles. The Labute approximate surface area is 127 Å². The van der Waals surface area contributed by atoms with E-state index in [-0.39, 0.29) is 5.41 Å².